The summed E-state index contributed by atoms with van der Waals surface area (Å²) in [6.07, 6.45) is 2.92. The van der Waals surface area contributed by atoms with Crippen molar-refractivity contribution in [1.29, 1.82) is 0 Å². The Hall–Kier alpha value is -2.57. The highest BCUT2D eigenvalue weighted by molar-refractivity contribution is 6.32. The number of amides is 1. The zero-order valence-corrected chi connectivity index (χ0v) is 23.4. The highest BCUT2D eigenvalue weighted by atomic mass is 35.5. The normalized spacial score (nSPS) is 20.3. The Labute approximate surface area is 234 Å². The van der Waals surface area contributed by atoms with Crippen molar-refractivity contribution in [2.24, 2.45) is 0 Å². The minimum Gasteiger partial charge on any atom is -0.395 e. The third kappa shape index (κ3) is 6.60. The van der Waals surface area contributed by atoms with E-state index in [0.29, 0.717) is 30.5 Å². The first kappa shape index (κ1) is 29.4. The second-order valence-corrected chi connectivity index (χ2v) is 10.6. The zero-order valence-electron chi connectivity index (χ0n) is 22.6. The van der Waals surface area contributed by atoms with Gasteiger partial charge in [-0.25, -0.2) is 14.4 Å². The van der Waals surface area contributed by atoms with E-state index in [-0.39, 0.29) is 54.3 Å². The Kier molecular flexibility index (Phi) is 9.95. The molecule has 2 aliphatic rings. The average molecular weight is 564 g/mol. The number of anilines is 2. The highest BCUT2D eigenvalue weighted by Crippen LogP contribution is 2.32. The number of aliphatic hydroxyl groups excluding tert-OH is 2. The molecule has 0 saturated carbocycles. The maximum absolute atomic E-state index is 13.8. The Balaban J connectivity index is 1.39. The maximum atomic E-state index is 13.8. The molecule has 2 saturated heterocycles. The van der Waals surface area contributed by atoms with Gasteiger partial charge in [0.1, 0.15) is 5.82 Å². The first-order valence-electron chi connectivity index (χ1n) is 13.6. The maximum Gasteiger partial charge on any atom is 0.273 e. The number of carbonyl (C=O) groups is 1. The van der Waals surface area contributed by atoms with Crippen molar-refractivity contribution in [2.75, 3.05) is 63.1 Å². The monoisotopic (exact) mass is 563 g/mol. The number of nitrogens with zero attached hydrogens (tertiary/aromatic N) is 5. The quantitative estimate of drug-likeness (QED) is 0.362. The number of carbonyl (C=O) groups excluding carboxylic acids is 1. The van der Waals surface area contributed by atoms with Gasteiger partial charge in [-0.15, -0.1) is 0 Å². The fourth-order valence-electron chi connectivity index (χ4n) is 5.78. The Morgan fingerprint density at radius 3 is 2.62 bits per heavy atom. The molecule has 2 aliphatic heterocycles. The summed E-state index contributed by atoms with van der Waals surface area (Å²) in [5.74, 6) is -0.278. The first-order valence-corrected chi connectivity index (χ1v) is 14.0. The van der Waals surface area contributed by atoms with Gasteiger partial charge >= 0.3 is 0 Å². The summed E-state index contributed by atoms with van der Waals surface area (Å²) in [7, 11) is 0. The number of aromatic nitrogens is 2. The molecular weight excluding hydrogens is 525 g/mol. The predicted molar refractivity (Wildman–Crippen MR) is 149 cm³/mol. The van der Waals surface area contributed by atoms with Crippen molar-refractivity contribution in [2.45, 2.75) is 51.2 Å². The van der Waals surface area contributed by atoms with Crippen LogP contribution in [0.25, 0.3) is 0 Å². The van der Waals surface area contributed by atoms with Crippen LogP contribution in [0.1, 0.15) is 53.8 Å². The van der Waals surface area contributed by atoms with Crippen molar-refractivity contribution in [1.82, 2.24) is 25.1 Å². The molecule has 12 heteroatoms. The van der Waals surface area contributed by atoms with Crippen LogP contribution in [0.5, 0.6) is 0 Å². The number of hydrogen-bond donors (Lipinski definition) is 4. The number of piperidine rings is 1. The van der Waals surface area contributed by atoms with Crippen LogP contribution in [-0.4, -0.2) is 100 Å². The van der Waals surface area contributed by atoms with Crippen LogP contribution in [0.2, 0.25) is 5.15 Å². The Bertz CT molecular complexity index is 1150. The summed E-state index contributed by atoms with van der Waals surface area (Å²) in [5, 5.41) is 21.7. The van der Waals surface area contributed by atoms with E-state index in [1.807, 2.05) is 6.07 Å². The number of halogens is 2. The van der Waals surface area contributed by atoms with E-state index in [9.17, 15) is 14.3 Å². The standard InChI is InChI=1S/C27H39ClFN7O3/c1-3-19-15-35(26-24(28)32-23(25(30)33-26)27(39)31-8-13-37)11-12-36(19)20-6-9-34(10-7-20)22(16-38)18-4-5-21(29)17(2)14-18/h4-5,14,19-20,22,37-38H,3,6-13,15-16H2,1-2H3,(H2,30,33)(H,31,39)/t19-,22+/m0/s1. The number of nitrogens with one attached hydrogen (secondary N) is 1. The summed E-state index contributed by atoms with van der Waals surface area (Å²) in [6.45, 7) is 7.79. The molecule has 1 aromatic heterocycles. The third-order valence-corrected chi connectivity index (χ3v) is 8.18. The Morgan fingerprint density at radius 2 is 1.97 bits per heavy atom. The van der Waals surface area contributed by atoms with Crippen molar-refractivity contribution >= 4 is 29.1 Å². The molecule has 2 fully saturated rings. The minimum absolute atomic E-state index is 0.00118. The van der Waals surface area contributed by atoms with Gasteiger partial charge in [-0.1, -0.05) is 30.7 Å². The number of likely N-dealkylation sites (tertiary alicyclic amines) is 1. The Morgan fingerprint density at radius 1 is 1.23 bits per heavy atom. The minimum atomic E-state index is -0.525. The van der Waals surface area contributed by atoms with Gasteiger partial charge in [0.25, 0.3) is 5.91 Å². The van der Waals surface area contributed by atoms with Crippen LogP contribution >= 0.6 is 11.6 Å². The fraction of sp³-hybridized carbons (Fsp3) is 0.593. The summed E-state index contributed by atoms with van der Waals surface area (Å²) < 4.78 is 13.8. The van der Waals surface area contributed by atoms with E-state index in [4.69, 9.17) is 22.4 Å². The molecule has 1 aromatic carbocycles. The van der Waals surface area contributed by atoms with Gasteiger partial charge in [0, 0.05) is 51.4 Å². The molecule has 2 aromatic rings. The summed E-state index contributed by atoms with van der Waals surface area (Å²) >= 11 is 6.46. The molecule has 0 spiro atoms. The molecule has 0 aliphatic carbocycles. The number of piperazine rings is 1. The molecule has 3 heterocycles. The summed E-state index contributed by atoms with van der Waals surface area (Å²) in [6, 6.07) is 5.67. The topological polar surface area (TPSA) is 131 Å². The molecule has 214 valence electrons. The number of nitrogen functional groups attached to an aromatic ring is 1. The number of hydrogen-bond acceptors (Lipinski definition) is 9. The van der Waals surface area contributed by atoms with E-state index in [0.717, 1.165) is 44.5 Å². The first-order chi connectivity index (χ1) is 18.8. The lowest BCUT2D eigenvalue weighted by Crippen LogP contribution is -2.58. The van der Waals surface area contributed by atoms with Crippen molar-refractivity contribution in [3.8, 4) is 0 Å². The van der Waals surface area contributed by atoms with Gasteiger partial charge in [0.2, 0.25) is 0 Å². The van der Waals surface area contributed by atoms with Crippen LogP contribution in [-0.2, 0) is 0 Å². The van der Waals surface area contributed by atoms with E-state index in [2.05, 4.69) is 36.9 Å². The van der Waals surface area contributed by atoms with E-state index in [1.165, 1.54) is 6.07 Å². The van der Waals surface area contributed by atoms with Gasteiger partial charge in [-0.2, -0.15) is 0 Å². The molecule has 4 rings (SSSR count). The SMILES string of the molecule is CC[C@H]1CN(c2nc(N)c(C(=O)NCCO)nc2Cl)CCN1C1CCN([C@H](CO)c2ccc(F)c(C)c2)CC1. The smallest absolute Gasteiger partial charge is 0.273 e. The van der Waals surface area contributed by atoms with Crippen LogP contribution in [0.3, 0.4) is 0 Å². The largest absolute Gasteiger partial charge is 0.395 e. The van der Waals surface area contributed by atoms with Crippen molar-refractivity contribution < 1.29 is 19.4 Å². The van der Waals surface area contributed by atoms with Crippen LogP contribution in [0.15, 0.2) is 18.2 Å². The van der Waals surface area contributed by atoms with Gasteiger partial charge in [0.05, 0.1) is 19.3 Å². The highest BCUT2D eigenvalue weighted by Gasteiger charge is 2.35. The van der Waals surface area contributed by atoms with Crippen LogP contribution < -0.4 is 16.0 Å². The molecule has 39 heavy (non-hydrogen) atoms. The van der Waals surface area contributed by atoms with Crippen LogP contribution in [0, 0.1) is 12.7 Å². The third-order valence-electron chi connectivity index (χ3n) is 7.92. The zero-order chi connectivity index (χ0) is 28.1. The number of aliphatic hydroxyl groups is 2. The average Bonchev–Trinajstić information content (AvgIpc) is 2.95. The summed E-state index contributed by atoms with van der Waals surface area (Å²) in [5.41, 5.74) is 7.55. The van der Waals surface area contributed by atoms with Gasteiger partial charge in [-0.3, -0.25) is 14.6 Å². The molecule has 2 atom stereocenters. The van der Waals surface area contributed by atoms with E-state index in [1.54, 1.807) is 13.0 Å². The van der Waals surface area contributed by atoms with E-state index < -0.39 is 5.91 Å². The molecule has 0 bridgehead atoms. The van der Waals surface area contributed by atoms with Crippen LogP contribution in [0.4, 0.5) is 16.0 Å². The molecule has 1 amide bonds. The molecule has 10 nitrogen and oxygen atoms in total. The van der Waals surface area contributed by atoms with Gasteiger partial charge < -0.3 is 26.2 Å². The second kappa shape index (κ2) is 13.2. The fourth-order valence-corrected chi connectivity index (χ4v) is 6.03. The van der Waals surface area contributed by atoms with Crippen molar-refractivity contribution in [3.63, 3.8) is 0 Å². The number of rotatable bonds is 9. The molecule has 5 N–H and O–H groups in total. The predicted octanol–water partition coefficient (Wildman–Crippen LogP) is 1.98. The summed E-state index contributed by atoms with van der Waals surface area (Å²) in [4.78, 5) is 27.9. The number of aryl methyl sites for hydroxylation is 1. The van der Waals surface area contributed by atoms with Gasteiger partial charge in [-0.05, 0) is 43.4 Å². The lowest BCUT2D eigenvalue weighted by atomic mass is 9.95. The molecule has 0 unspecified atom stereocenters. The van der Waals surface area contributed by atoms with E-state index >= 15 is 0 Å². The number of benzene rings is 1. The molecular formula is C27H39ClFN7O3. The lowest BCUT2D eigenvalue weighted by molar-refractivity contribution is 0.0356. The second-order valence-electron chi connectivity index (χ2n) is 10.3. The van der Waals surface area contributed by atoms with Crippen molar-refractivity contribution in [3.05, 3.63) is 46.0 Å². The lowest BCUT2D eigenvalue weighted by Gasteiger charge is -2.48. The van der Waals surface area contributed by atoms with Gasteiger partial charge in [0.15, 0.2) is 22.5 Å². The number of nitrogens with two attached hydrogens (primary N) is 1. The molecule has 0 radical (unpaired) electrons.